The Hall–Kier alpha value is -2.28. The summed E-state index contributed by atoms with van der Waals surface area (Å²) in [4.78, 5) is 0.0284. The van der Waals surface area contributed by atoms with Gasteiger partial charge in [-0.2, -0.15) is 8.42 Å². The van der Waals surface area contributed by atoms with E-state index >= 15 is 0 Å². The van der Waals surface area contributed by atoms with E-state index in [0.717, 1.165) is 0 Å². The summed E-state index contributed by atoms with van der Waals surface area (Å²) in [7, 11) is -3.92. The van der Waals surface area contributed by atoms with E-state index in [0.29, 0.717) is 16.5 Å². The highest BCUT2D eigenvalue weighted by molar-refractivity contribution is 7.90. The number of anilines is 1. The molecule has 0 spiro atoms. The molecule has 94 valence electrons. The lowest BCUT2D eigenvalue weighted by molar-refractivity contribution is 0.599. The van der Waals surface area contributed by atoms with Gasteiger partial charge in [0.05, 0.1) is 4.90 Å². The van der Waals surface area contributed by atoms with Gasteiger partial charge in [-0.25, -0.2) is 0 Å². The van der Waals surface area contributed by atoms with Crippen LogP contribution in [0.25, 0.3) is 10.8 Å². The number of sulfonamides is 1. The second-order valence-corrected chi connectivity index (χ2v) is 5.26. The molecule has 0 aliphatic carbocycles. The molecule has 18 heavy (non-hydrogen) atoms. The van der Waals surface area contributed by atoms with Gasteiger partial charge in [0.25, 0.3) is 10.0 Å². The lowest BCUT2D eigenvalue weighted by atomic mass is 10.1. The standard InChI is InChI=1S/C11H12N4O2S/c12-9-5-6-10(18(16,17)15-11(13)14)8-4-2-1-3-7(8)9/h1-6H,12H2,(H4,13,14,15). The molecular weight excluding hydrogens is 252 g/mol. The SMILES string of the molecule is NC(N)=NS(=O)(=O)c1ccc(N)c2ccccc12. The minimum Gasteiger partial charge on any atom is -0.398 e. The van der Waals surface area contributed by atoms with Gasteiger partial charge >= 0.3 is 0 Å². The number of hydrogen-bond donors (Lipinski definition) is 3. The van der Waals surface area contributed by atoms with Crippen molar-refractivity contribution in [2.75, 3.05) is 5.73 Å². The number of guanidine groups is 1. The number of nitrogens with two attached hydrogens (primary N) is 3. The van der Waals surface area contributed by atoms with Gasteiger partial charge < -0.3 is 17.2 Å². The third kappa shape index (κ3) is 2.07. The first kappa shape index (κ1) is 12.2. The second-order valence-electron chi connectivity index (χ2n) is 3.69. The number of nitrogens with zero attached hydrogens (tertiary/aromatic N) is 1. The van der Waals surface area contributed by atoms with Crippen LogP contribution in [0.1, 0.15) is 0 Å². The summed E-state index contributed by atoms with van der Waals surface area (Å²) in [6.45, 7) is 0. The normalized spacial score (nSPS) is 11.3. The fraction of sp³-hybridized carbons (Fsp3) is 0. The molecular formula is C11H12N4O2S. The van der Waals surface area contributed by atoms with Crippen LogP contribution in [0.4, 0.5) is 5.69 Å². The van der Waals surface area contributed by atoms with Crippen LogP contribution < -0.4 is 17.2 Å². The molecule has 0 unspecified atom stereocenters. The van der Waals surface area contributed by atoms with E-state index < -0.39 is 16.0 Å². The summed E-state index contributed by atoms with van der Waals surface area (Å²) in [5.41, 5.74) is 16.5. The van der Waals surface area contributed by atoms with Crippen LogP contribution in [-0.4, -0.2) is 14.4 Å². The third-order valence-corrected chi connectivity index (χ3v) is 3.78. The molecule has 0 saturated carbocycles. The molecule has 0 radical (unpaired) electrons. The Morgan fingerprint density at radius 1 is 1.00 bits per heavy atom. The molecule has 0 aliphatic heterocycles. The Balaban J connectivity index is 2.82. The van der Waals surface area contributed by atoms with E-state index in [-0.39, 0.29) is 4.90 Å². The van der Waals surface area contributed by atoms with Gasteiger partial charge in [0.15, 0.2) is 0 Å². The van der Waals surface area contributed by atoms with Gasteiger partial charge in [0, 0.05) is 16.5 Å². The molecule has 0 heterocycles. The smallest absolute Gasteiger partial charge is 0.286 e. The van der Waals surface area contributed by atoms with Crippen molar-refractivity contribution in [1.82, 2.24) is 0 Å². The van der Waals surface area contributed by atoms with Crippen LogP contribution in [0, 0.1) is 0 Å². The highest BCUT2D eigenvalue weighted by atomic mass is 32.2. The summed E-state index contributed by atoms with van der Waals surface area (Å²) in [5, 5.41) is 1.13. The monoisotopic (exact) mass is 264 g/mol. The maximum absolute atomic E-state index is 12.0. The van der Waals surface area contributed by atoms with Gasteiger partial charge in [-0.05, 0) is 12.1 Å². The quantitative estimate of drug-likeness (QED) is 0.411. The van der Waals surface area contributed by atoms with Gasteiger partial charge in [-0.15, -0.1) is 4.40 Å². The molecule has 0 aliphatic rings. The van der Waals surface area contributed by atoms with E-state index in [1.54, 1.807) is 24.3 Å². The Kier molecular flexibility index (Phi) is 2.84. The molecule has 0 amide bonds. The first-order valence-electron chi connectivity index (χ1n) is 5.05. The number of hydrogen-bond acceptors (Lipinski definition) is 3. The molecule has 2 rings (SSSR count). The van der Waals surface area contributed by atoms with Crippen molar-refractivity contribution >= 4 is 32.4 Å². The van der Waals surface area contributed by atoms with Gasteiger partial charge in [0.1, 0.15) is 0 Å². The molecule has 2 aromatic rings. The molecule has 7 heteroatoms. The molecule has 0 atom stereocenters. The highest BCUT2D eigenvalue weighted by Gasteiger charge is 2.17. The topological polar surface area (TPSA) is 125 Å². The Morgan fingerprint density at radius 2 is 1.61 bits per heavy atom. The highest BCUT2D eigenvalue weighted by Crippen LogP contribution is 2.28. The molecule has 2 aromatic carbocycles. The lowest BCUT2D eigenvalue weighted by Gasteiger charge is -2.07. The van der Waals surface area contributed by atoms with Gasteiger partial charge in [-0.1, -0.05) is 24.3 Å². The number of nitrogen functional groups attached to an aromatic ring is 1. The van der Waals surface area contributed by atoms with Crippen molar-refractivity contribution < 1.29 is 8.42 Å². The van der Waals surface area contributed by atoms with E-state index in [4.69, 9.17) is 17.2 Å². The summed E-state index contributed by atoms with van der Waals surface area (Å²) in [6, 6.07) is 9.78. The van der Waals surface area contributed by atoms with Crippen LogP contribution >= 0.6 is 0 Å². The predicted octanol–water partition coefficient (Wildman–Crippen LogP) is 0.384. The average Bonchev–Trinajstić information content (AvgIpc) is 2.27. The number of rotatable bonds is 2. The van der Waals surface area contributed by atoms with Gasteiger partial charge in [0.2, 0.25) is 5.96 Å². The first-order valence-corrected chi connectivity index (χ1v) is 6.49. The zero-order valence-electron chi connectivity index (χ0n) is 9.37. The van der Waals surface area contributed by atoms with E-state index in [2.05, 4.69) is 4.40 Å². The minimum absolute atomic E-state index is 0.0284. The predicted molar refractivity (Wildman–Crippen MR) is 71.4 cm³/mol. The molecule has 6 N–H and O–H groups in total. The van der Waals surface area contributed by atoms with Crippen molar-refractivity contribution in [2.45, 2.75) is 4.90 Å². The van der Waals surface area contributed by atoms with Crippen molar-refractivity contribution in [1.29, 1.82) is 0 Å². The van der Waals surface area contributed by atoms with Gasteiger partial charge in [-0.3, -0.25) is 0 Å². The van der Waals surface area contributed by atoms with Crippen LogP contribution in [0.2, 0.25) is 0 Å². The molecule has 0 aromatic heterocycles. The zero-order valence-corrected chi connectivity index (χ0v) is 10.2. The van der Waals surface area contributed by atoms with E-state index in [1.165, 1.54) is 12.1 Å². The second kappa shape index (κ2) is 4.19. The first-order chi connectivity index (χ1) is 8.42. The van der Waals surface area contributed by atoms with E-state index in [1.807, 2.05) is 0 Å². The van der Waals surface area contributed by atoms with Crippen LogP contribution in [-0.2, 0) is 10.0 Å². The maximum Gasteiger partial charge on any atom is 0.286 e. The average molecular weight is 264 g/mol. The Bertz CT molecular complexity index is 734. The van der Waals surface area contributed by atoms with Crippen LogP contribution in [0.3, 0.4) is 0 Å². The fourth-order valence-corrected chi connectivity index (χ4v) is 2.78. The zero-order chi connectivity index (χ0) is 13.3. The molecule has 6 nitrogen and oxygen atoms in total. The van der Waals surface area contributed by atoms with Crippen molar-refractivity contribution in [3.8, 4) is 0 Å². The summed E-state index contributed by atoms with van der Waals surface area (Å²) in [6.07, 6.45) is 0. The largest absolute Gasteiger partial charge is 0.398 e. The molecule has 0 saturated heterocycles. The van der Waals surface area contributed by atoms with Crippen LogP contribution in [0.5, 0.6) is 0 Å². The summed E-state index contributed by atoms with van der Waals surface area (Å²) >= 11 is 0. The van der Waals surface area contributed by atoms with Crippen molar-refractivity contribution in [3.63, 3.8) is 0 Å². The summed E-state index contributed by atoms with van der Waals surface area (Å²) < 4.78 is 27.2. The van der Waals surface area contributed by atoms with Crippen molar-refractivity contribution in [3.05, 3.63) is 36.4 Å². The fourth-order valence-electron chi connectivity index (χ4n) is 1.71. The van der Waals surface area contributed by atoms with E-state index in [9.17, 15) is 8.42 Å². The lowest BCUT2D eigenvalue weighted by Crippen LogP contribution is -2.24. The third-order valence-electron chi connectivity index (χ3n) is 2.42. The maximum atomic E-state index is 12.0. The van der Waals surface area contributed by atoms with Crippen molar-refractivity contribution in [2.24, 2.45) is 15.9 Å². The van der Waals surface area contributed by atoms with Crippen LogP contribution in [0.15, 0.2) is 45.7 Å². The molecule has 0 bridgehead atoms. The number of fused-ring (bicyclic) bond motifs is 1. The summed E-state index contributed by atoms with van der Waals surface area (Å²) in [5.74, 6) is -0.504. The Morgan fingerprint density at radius 3 is 2.22 bits per heavy atom. The minimum atomic E-state index is -3.92. The molecule has 0 fully saturated rings. The number of benzene rings is 2. The Labute approximate surface area is 104 Å².